The second kappa shape index (κ2) is 18.6. The highest BCUT2D eigenvalue weighted by molar-refractivity contribution is 7.48. The van der Waals surface area contributed by atoms with E-state index in [4.69, 9.17) is 13.6 Å². The van der Waals surface area contributed by atoms with Gasteiger partial charge in [-0.1, -0.05) is 79.6 Å². The molecule has 0 spiro atoms. The number of aliphatic hydroxyl groups is 1. The molecule has 5 nitrogen and oxygen atoms in total. The van der Waals surface area contributed by atoms with Gasteiger partial charge in [-0.05, 0) is 50.4 Å². The molecule has 0 radical (unpaired) electrons. The molecule has 0 aromatic carbocycles. The Morgan fingerprint density at radius 2 is 1.03 bits per heavy atom. The molecule has 0 bridgehead atoms. The second-order valence-electron chi connectivity index (χ2n) is 8.87. The molecule has 1 N–H and O–H groups in total. The first-order valence-corrected chi connectivity index (χ1v) is 14.0. The fourth-order valence-corrected chi connectivity index (χ4v) is 4.78. The Morgan fingerprint density at radius 3 is 1.33 bits per heavy atom. The number of hydrogen-bond acceptors (Lipinski definition) is 5. The molecule has 0 aliphatic carbocycles. The van der Waals surface area contributed by atoms with Crippen molar-refractivity contribution in [1.82, 2.24) is 0 Å². The van der Waals surface area contributed by atoms with Gasteiger partial charge >= 0.3 is 7.82 Å². The van der Waals surface area contributed by atoms with Crippen LogP contribution >= 0.6 is 7.82 Å². The van der Waals surface area contributed by atoms with Gasteiger partial charge in [-0.2, -0.15) is 0 Å². The molecular weight excluding hydrogens is 399 g/mol. The van der Waals surface area contributed by atoms with Crippen molar-refractivity contribution >= 4 is 7.82 Å². The quantitative estimate of drug-likeness (QED) is 0.181. The van der Waals surface area contributed by atoms with Crippen molar-refractivity contribution in [2.24, 2.45) is 17.8 Å². The highest BCUT2D eigenvalue weighted by Gasteiger charge is 2.30. The summed E-state index contributed by atoms with van der Waals surface area (Å²) in [6, 6.07) is 0. The van der Waals surface area contributed by atoms with Gasteiger partial charge in [0, 0.05) is 0 Å². The van der Waals surface area contributed by atoms with Gasteiger partial charge in [0.1, 0.15) is 0 Å². The molecule has 0 rings (SSSR count). The average molecular weight is 451 g/mol. The number of phosphoric ester groups is 1. The van der Waals surface area contributed by atoms with E-state index in [0.717, 1.165) is 70.6 Å². The van der Waals surface area contributed by atoms with E-state index in [2.05, 4.69) is 34.6 Å². The Kier molecular flexibility index (Phi) is 18.7. The summed E-state index contributed by atoms with van der Waals surface area (Å²) < 4.78 is 31.0. The molecule has 0 saturated heterocycles. The molecule has 30 heavy (non-hydrogen) atoms. The summed E-state index contributed by atoms with van der Waals surface area (Å²) >= 11 is 0. The zero-order valence-corrected chi connectivity index (χ0v) is 21.6. The minimum Gasteiger partial charge on any atom is -0.393 e. The highest BCUT2D eigenvalue weighted by atomic mass is 31.2. The minimum absolute atomic E-state index is 0.240. The van der Waals surface area contributed by atoms with E-state index in [1.54, 1.807) is 6.92 Å². The summed E-state index contributed by atoms with van der Waals surface area (Å²) in [6.07, 6.45) is 10.9. The van der Waals surface area contributed by atoms with Crippen LogP contribution < -0.4 is 0 Å². The third-order valence-electron chi connectivity index (χ3n) is 6.06. The Hall–Kier alpha value is 0.0700. The van der Waals surface area contributed by atoms with Crippen LogP contribution in [0.15, 0.2) is 0 Å². The van der Waals surface area contributed by atoms with Crippen molar-refractivity contribution in [2.75, 3.05) is 19.8 Å². The van der Waals surface area contributed by atoms with E-state index < -0.39 is 7.82 Å². The highest BCUT2D eigenvalue weighted by Crippen LogP contribution is 2.51. The van der Waals surface area contributed by atoms with Crippen molar-refractivity contribution in [3.63, 3.8) is 0 Å². The van der Waals surface area contributed by atoms with E-state index in [0.29, 0.717) is 31.7 Å². The van der Waals surface area contributed by atoms with Crippen molar-refractivity contribution in [3.8, 4) is 0 Å². The normalized spacial score (nSPS) is 18.0. The molecule has 0 amide bonds. The molecule has 0 aromatic rings. The van der Waals surface area contributed by atoms with E-state index in [1.807, 2.05) is 0 Å². The summed E-state index contributed by atoms with van der Waals surface area (Å²) in [5, 5.41) is 9.57. The van der Waals surface area contributed by atoms with Gasteiger partial charge in [0.05, 0.1) is 25.9 Å². The molecule has 4 atom stereocenters. The van der Waals surface area contributed by atoms with Crippen molar-refractivity contribution in [3.05, 3.63) is 0 Å². The van der Waals surface area contributed by atoms with Crippen LogP contribution in [0.2, 0.25) is 0 Å². The predicted molar refractivity (Wildman–Crippen MR) is 127 cm³/mol. The fraction of sp³-hybridized carbons (Fsp3) is 1.00. The van der Waals surface area contributed by atoms with Crippen molar-refractivity contribution in [2.45, 2.75) is 118 Å². The molecule has 0 fully saturated rings. The summed E-state index contributed by atoms with van der Waals surface area (Å²) in [5.41, 5.74) is 0. The van der Waals surface area contributed by atoms with E-state index in [9.17, 15) is 9.67 Å². The Labute approximate surface area is 187 Å². The monoisotopic (exact) mass is 450 g/mol. The van der Waals surface area contributed by atoms with Crippen LogP contribution in [0.5, 0.6) is 0 Å². The van der Waals surface area contributed by atoms with Crippen LogP contribution in [0.25, 0.3) is 0 Å². The van der Waals surface area contributed by atoms with Crippen LogP contribution in [0.1, 0.15) is 112 Å². The first-order chi connectivity index (χ1) is 14.3. The third-order valence-corrected chi connectivity index (χ3v) is 7.46. The Morgan fingerprint density at radius 1 is 0.667 bits per heavy atom. The Balaban J connectivity index is 4.96. The summed E-state index contributed by atoms with van der Waals surface area (Å²) in [5.74, 6) is 0.999. The lowest BCUT2D eigenvalue weighted by molar-refractivity contribution is 0.0712. The number of hydrogen-bond donors (Lipinski definition) is 1. The summed E-state index contributed by atoms with van der Waals surface area (Å²) in [4.78, 5) is 0. The molecule has 6 heteroatoms. The lowest BCUT2D eigenvalue weighted by Gasteiger charge is -2.25. The number of rotatable bonds is 21. The van der Waals surface area contributed by atoms with E-state index in [-0.39, 0.29) is 12.0 Å². The standard InChI is InChI=1S/C24H51O5P/c1-7-12-14-22(9-3)18-27-30(26,28-19-23(10-4)15-13-8-2)29-20-24(11-5)17-16-21(6)25/h21-25H,7-20H2,1-6H3. The maximum atomic E-state index is 13.4. The third kappa shape index (κ3) is 15.0. The van der Waals surface area contributed by atoms with Crippen LogP contribution in [-0.4, -0.2) is 31.0 Å². The number of unbranched alkanes of at least 4 members (excludes halogenated alkanes) is 2. The van der Waals surface area contributed by atoms with Gasteiger partial charge in [0.25, 0.3) is 0 Å². The van der Waals surface area contributed by atoms with Gasteiger partial charge in [-0.25, -0.2) is 4.57 Å². The largest absolute Gasteiger partial charge is 0.474 e. The van der Waals surface area contributed by atoms with Crippen LogP contribution in [0.3, 0.4) is 0 Å². The van der Waals surface area contributed by atoms with Crippen molar-refractivity contribution in [1.29, 1.82) is 0 Å². The molecule has 4 unspecified atom stereocenters. The van der Waals surface area contributed by atoms with E-state index in [1.165, 1.54) is 0 Å². The summed E-state index contributed by atoms with van der Waals surface area (Å²) in [7, 11) is -3.59. The lowest BCUT2D eigenvalue weighted by atomic mass is 10.00. The fourth-order valence-electron chi connectivity index (χ4n) is 3.38. The molecule has 0 saturated carbocycles. The van der Waals surface area contributed by atoms with Gasteiger partial charge in [-0.3, -0.25) is 13.6 Å². The summed E-state index contributed by atoms with van der Waals surface area (Å²) in [6.45, 7) is 13.8. The minimum atomic E-state index is -3.59. The van der Waals surface area contributed by atoms with Crippen LogP contribution in [0, 0.1) is 17.8 Å². The van der Waals surface area contributed by atoms with Gasteiger partial charge in [0.15, 0.2) is 0 Å². The molecule has 182 valence electrons. The SMILES string of the molecule is CCCCC(CC)COP(=O)(OCC(CC)CCCC)OCC(CC)CCC(C)O. The molecule has 0 aromatic heterocycles. The molecule has 0 aliphatic rings. The Bertz CT molecular complexity index is 406. The first-order valence-electron chi connectivity index (χ1n) is 12.5. The maximum Gasteiger partial charge on any atom is 0.474 e. The number of aliphatic hydroxyl groups excluding tert-OH is 1. The van der Waals surface area contributed by atoms with Gasteiger partial charge in [0.2, 0.25) is 0 Å². The predicted octanol–water partition coefficient (Wildman–Crippen LogP) is 7.76. The van der Waals surface area contributed by atoms with Crippen LogP contribution in [-0.2, 0) is 18.1 Å². The first kappa shape index (κ1) is 30.1. The number of phosphoric acid groups is 1. The zero-order chi connectivity index (χ0) is 22.8. The molecule has 0 aliphatic heterocycles. The van der Waals surface area contributed by atoms with Crippen LogP contribution in [0.4, 0.5) is 0 Å². The molecule has 0 heterocycles. The smallest absolute Gasteiger partial charge is 0.393 e. The average Bonchev–Trinajstić information content (AvgIpc) is 2.74. The van der Waals surface area contributed by atoms with Gasteiger partial charge < -0.3 is 5.11 Å². The lowest BCUT2D eigenvalue weighted by Crippen LogP contribution is -2.16. The second-order valence-corrected chi connectivity index (χ2v) is 10.5. The molecular formula is C24H51O5P. The van der Waals surface area contributed by atoms with E-state index >= 15 is 0 Å². The zero-order valence-electron chi connectivity index (χ0n) is 20.7. The van der Waals surface area contributed by atoms with Gasteiger partial charge in [-0.15, -0.1) is 0 Å². The topological polar surface area (TPSA) is 65.0 Å². The maximum absolute atomic E-state index is 13.4. The van der Waals surface area contributed by atoms with Crippen molar-refractivity contribution < 1.29 is 23.2 Å².